The molecular formula is C19H24ClN. The molecule has 0 bridgehead atoms. The largest absolute Gasteiger partial charge is 0.382 e. The van der Waals surface area contributed by atoms with E-state index in [9.17, 15) is 0 Å². The zero-order valence-corrected chi connectivity index (χ0v) is 14.0. The molecule has 0 saturated carbocycles. The number of halogens is 1. The van der Waals surface area contributed by atoms with Crippen LogP contribution in [0.25, 0.3) is 0 Å². The highest BCUT2D eigenvalue weighted by molar-refractivity contribution is 6.30. The summed E-state index contributed by atoms with van der Waals surface area (Å²) in [5.41, 5.74) is 4.03. The third kappa shape index (κ3) is 4.78. The highest BCUT2D eigenvalue weighted by Crippen LogP contribution is 2.24. The minimum Gasteiger partial charge on any atom is -0.382 e. The van der Waals surface area contributed by atoms with Crippen LogP contribution in [0.2, 0.25) is 5.02 Å². The lowest BCUT2D eigenvalue weighted by molar-refractivity contribution is 0.590. The molecule has 21 heavy (non-hydrogen) atoms. The quantitative estimate of drug-likeness (QED) is 0.766. The molecule has 1 unspecified atom stereocenters. The number of hydrogen-bond donors (Lipinski definition) is 1. The van der Waals surface area contributed by atoms with E-state index in [1.54, 1.807) is 0 Å². The van der Waals surface area contributed by atoms with Crippen molar-refractivity contribution in [3.05, 3.63) is 64.7 Å². The molecule has 0 aliphatic rings. The van der Waals surface area contributed by atoms with Gasteiger partial charge in [-0.2, -0.15) is 0 Å². The van der Waals surface area contributed by atoms with Crippen molar-refractivity contribution in [1.29, 1.82) is 0 Å². The maximum Gasteiger partial charge on any atom is 0.0406 e. The summed E-state index contributed by atoms with van der Waals surface area (Å²) in [7, 11) is 0. The van der Waals surface area contributed by atoms with Crippen molar-refractivity contribution in [2.45, 2.75) is 45.6 Å². The fourth-order valence-corrected chi connectivity index (χ4v) is 2.50. The number of benzene rings is 2. The molecule has 0 spiro atoms. The van der Waals surface area contributed by atoms with Crippen LogP contribution in [0.5, 0.6) is 0 Å². The molecule has 0 aromatic heterocycles. The van der Waals surface area contributed by atoms with Gasteiger partial charge in [0.2, 0.25) is 0 Å². The maximum absolute atomic E-state index is 5.91. The van der Waals surface area contributed by atoms with Gasteiger partial charge in [0.25, 0.3) is 0 Å². The zero-order chi connectivity index (χ0) is 15.5. The van der Waals surface area contributed by atoms with Crippen molar-refractivity contribution in [1.82, 2.24) is 0 Å². The summed E-state index contributed by atoms with van der Waals surface area (Å²) in [6, 6.07) is 17.2. The minimum atomic E-state index is 0.202. The van der Waals surface area contributed by atoms with Crippen LogP contribution in [-0.4, -0.2) is 6.04 Å². The summed E-state index contributed by atoms with van der Waals surface area (Å²) in [6.45, 7) is 8.90. The summed E-state index contributed by atoms with van der Waals surface area (Å²) >= 11 is 5.91. The molecule has 2 aromatic rings. The van der Waals surface area contributed by atoms with Crippen LogP contribution in [0, 0.1) is 0 Å². The van der Waals surface area contributed by atoms with E-state index in [4.69, 9.17) is 11.6 Å². The molecule has 2 aromatic carbocycles. The van der Waals surface area contributed by atoms with Crippen LogP contribution < -0.4 is 5.32 Å². The zero-order valence-electron chi connectivity index (χ0n) is 13.3. The topological polar surface area (TPSA) is 12.0 Å². The first kappa shape index (κ1) is 15.9. The summed E-state index contributed by atoms with van der Waals surface area (Å²) in [5.74, 6) is 0. The Morgan fingerprint density at radius 2 is 1.52 bits per heavy atom. The summed E-state index contributed by atoms with van der Waals surface area (Å²) in [6.07, 6.45) is 0.984. The summed E-state index contributed by atoms with van der Waals surface area (Å²) in [5, 5.41) is 4.34. The van der Waals surface area contributed by atoms with Crippen LogP contribution in [-0.2, 0) is 11.8 Å². The van der Waals surface area contributed by atoms with Gasteiger partial charge in [-0.25, -0.2) is 0 Å². The molecule has 1 N–H and O–H groups in total. The van der Waals surface area contributed by atoms with E-state index >= 15 is 0 Å². The molecule has 1 nitrogen and oxygen atoms in total. The van der Waals surface area contributed by atoms with Crippen LogP contribution in [0.15, 0.2) is 48.5 Å². The molecule has 2 heteroatoms. The van der Waals surface area contributed by atoms with Crippen molar-refractivity contribution in [2.24, 2.45) is 0 Å². The SMILES string of the molecule is CC(Cc1ccc(Cl)cc1)Nc1ccc(C(C)(C)C)cc1. The highest BCUT2D eigenvalue weighted by Gasteiger charge is 2.13. The van der Waals surface area contributed by atoms with Crippen molar-refractivity contribution < 1.29 is 0 Å². The Labute approximate surface area is 133 Å². The Morgan fingerprint density at radius 3 is 2.05 bits per heavy atom. The van der Waals surface area contributed by atoms with Gasteiger partial charge in [-0.3, -0.25) is 0 Å². The van der Waals surface area contributed by atoms with Gasteiger partial charge in [0, 0.05) is 16.8 Å². The second kappa shape index (κ2) is 6.53. The molecule has 0 amide bonds. The van der Waals surface area contributed by atoms with E-state index in [2.05, 4.69) is 69.4 Å². The average Bonchev–Trinajstić information content (AvgIpc) is 2.41. The lowest BCUT2D eigenvalue weighted by Gasteiger charge is -2.20. The van der Waals surface area contributed by atoms with E-state index in [0.29, 0.717) is 6.04 Å². The molecule has 0 saturated heterocycles. The average molecular weight is 302 g/mol. The van der Waals surface area contributed by atoms with Gasteiger partial charge in [0.15, 0.2) is 0 Å². The Hall–Kier alpha value is -1.47. The van der Waals surface area contributed by atoms with Crippen LogP contribution >= 0.6 is 11.6 Å². The molecule has 1 atom stereocenters. The lowest BCUT2D eigenvalue weighted by atomic mass is 9.87. The molecule has 112 valence electrons. The van der Waals surface area contributed by atoms with Gasteiger partial charge in [0.1, 0.15) is 0 Å². The van der Waals surface area contributed by atoms with E-state index in [1.165, 1.54) is 16.8 Å². The normalized spacial score (nSPS) is 13.0. The first-order chi connectivity index (χ1) is 9.84. The molecule has 2 rings (SSSR count). The number of anilines is 1. The highest BCUT2D eigenvalue weighted by atomic mass is 35.5. The Kier molecular flexibility index (Phi) is 4.95. The van der Waals surface area contributed by atoms with Crippen LogP contribution in [0.4, 0.5) is 5.69 Å². The fourth-order valence-electron chi connectivity index (χ4n) is 2.38. The third-order valence-electron chi connectivity index (χ3n) is 3.62. The summed E-state index contributed by atoms with van der Waals surface area (Å²) < 4.78 is 0. The predicted molar refractivity (Wildman–Crippen MR) is 93.4 cm³/mol. The first-order valence-electron chi connectivity index (χ1n) is 7.46. The molecule has 0 heterocycles. The van der Waals surface area contributed by atoms with Gasteiger partial charge in [-0.1, -0.05) is 56.6 Å². The van der Waals surface area contributed by atoms with Crippen molar-refractivity contribution in [3.63, 3.8) is 0 Å². The number of hydrogen-bond acceptors (Lipinski definition) is 1. The third-order valence-corrected chi connectivity index (χ3v) is 3.87. The Bertz CT molecular complexity index is 564. The van der Waals surface area contributed by atoms with Gasteiger partial charge in [0.05, 0.1) is 0 Å². The van der Waals surface area contributed by atoms with Crippen LogP contribution in [0.3, 0.4) is 0 Å². The van der Waals surface area contributed by atoms with Crippen LogP contribution in [0.1, 0.15) is 38.8 Å². The fraction of sp³-hybridized carbons (Fsp3) is 0.368. The minimum absolute atomic E-state index is 0.202. The molecular weight excluding hydrogens is 278 g/mol. The van der Waals surface area contributed by atoms with E-state index in [1.807, 2.05) is 12.1 Å². The number of rotatable bonds is 4. The van der Waals surface area contributed by atoms with E-state index < -0.39 is 0 Å². The van der Waals surface area contributed by atoms with Gasteiger partial charge < -0.3 is 5.32 Å². The molecule has 0 aliphatic carbocycles. The maximum atomic E-state index is 5.91. The lowest BCUT2D eigenvalue weighted by Crippen LogP contribution is -2.18. The second-order valence-electron chi connectivity index (χ2n) is 6.70. The second-order valence-corrected chi connectivity index (χ2v) is 7.14. The van der Waals surface area contributed by atoms with E-state index in [0.717, 1.165) is 11.4 Å². The van der Waals surface area contributed by atoms with E-state index in [-0.39, 0.29) is 5.41 Å². The predicted octanol–water partition coefficient (Wildman–Crippen LogP) is 5.68. The number of nitrogens with one attached hydrogen (secondary N) is 1. The Balaban J connectivity index is 1.96. The van der Waals surface area contributed by atoms with Crippen molar-refractivity contribution in [2.75, 3.05) is 5.32 Å². The molecule has 0 radical (unpaired) electrons. The van der Waals surface area contributed by atoms with Crippen molar-refractivity contribution in [3.8, 4) is 0 Å². The smallest absolute Gasteiger partial charge is 0.0406 e. The monoisotopic (exact) mass is 301 g/mol. The molecule has 0 fully saturated rings. The van der Waals surface area contributed by atoms with Crippen molar-refractivity contribution >= 4 is 17.3 Å². The summed E-state index contributed by atoms with van der Waals surface area (Å²) in [4.78, 5) is 0. The first-order valence-corrected chi connectivity index (χ1v) is 7.84. The Morgan fingerprint density at radius 1 is 0.952 bits per heavy atom. The van der Waals surface area contributed by atoms with Gasteiger partial charge in [-0.05, 0) is 54.2 Å². The standard InChI is InChI=1S/C19H24ClN/c1-14(13-15-5-9-17(20)10-6-15)21-18-11-7-16(8-12-18)19(2,3)4/h5-12,14,21H,13H2,1-4H3. The van der Waals surface area contributed by atoms with Gasteiger partial charge >= 0.3 is 0 Å². The molecule has 0 aliphatic heterocycles. The van der Waals surface area contributed by atoms with Gasteiger partial charge in [-0.15, -0.1) is 0 Å².